The lowest BCUT2D eigenvalue weighted by Gasteiger charge is -2.32. The Labute approximate surface area is 185 Å². The van der Waals surface area contributed by atoms with Gasteiger partial charge in [-0.2, -0.15) is 0 Å². The van der Waals surface area contributed by atoms with Crippen molar-refractivity contribution < 1.29 is 23.1 Å². The van der Waals surface area contributed by atoms with Gasteiger partial charge in [0.05, 0.1) is 12.0 Å². The molecule has 0 fully saturated rings. The van der Waals surface area contributed by atoms with Crippen LogP contribution in [-0.2, 0) is 6.42 Å². The van der Waals surface area contributed by atoms with Crippen LogP contribution in [-0.4, -0.2) is 17.3 Å². The summed E-state index contributed by atoms with van der Waals surface area (Å²) in [5.41, 5.74) is 2.62. The van der Waals surface area contributed by atoms with Crippen LogP contribution >= 0.6 is 0 Å². The molecule has 3 aromatic rings. The molecule has 0 unspecified atom stereocenters. The highest BCUT2D eigenvalue weighted by Gasteiger charge is 2.33. The zero-order valence-corrected chi connectivity index (χ0v) is 18.1. The maximum atomic E-state index is 13.9. The SMILES string of the molecule is CCc1cc2c(cc1-c1ccc(NC(=O)c3c(F)cccc3F)cc1)OC(C)(C)CC2=O. The first-order chi connectivity index (χ1) is 15.2. The number of ketones is 1. The van der Waals surface area contributed by atoms with E-state index >= 15 is 0 Å². The normalized spacial score (nSPS) is 14.5. The third-order valence-corrected chi connectivity index (χ3v) is 5.50. The highest BCUT2D eigenvalue weighted by atomic mass is 19.1. The first-order valence-corrected chi connectivity index (χ1v) is 10.4. The number of aryl methyl sites for hydroxylation is 1. The molecule has 1 heterocycles. The minimum atomic E-state index is -0.918. The molecule has 4 rings (SSSR count). The van der Waals surface area contributed by atoms with E-state index in [-0.39, 0.29) is 5.78 Å². The molecule has 0 spiro atoms. The summed E-state index contributed by atoms with van der Waals surface area (Å²) in [5, 5.41) is 2.53. The predicted octanol–water partition coefficient (Wildman–Crippen LogP) is 6.19. The first kappa shape index (κ1) is 21.7. The zero-order valence-electron chi connectivity index (χ0n) is 18.1. The van der Waals surface area contributed by atoms with Gasteiger partial charge in [-0.05, 0) is 73.4 Å². The van der Waals surface area contributed by atoms with Crippen molar-refractivity contribution in [3.05, 3.63) is 82.9 Å². The topological polar surface area (TPSA) is 55.4 Å². The molecule has 1 aliphatic rings. The van der Waals surface area contributed by atoms with E-state index in [1.165, 1.54) is 6.07 Å². The summed E-state index contributed by atoms with van der Waals surface area (Å²) in [7, 11) is 0. The van der Waals surface area contributed by atoms with E-state index in [0.717, 1.165) is 35.2 Å². The number of anilines is 1. The number of fused-ring (bicyclic) bond motifs is 1. The van der Waals surface area contributed by atoms with Crippen molar-refractivity contribution in [2.45, 2.75) is 39.2 Å². The molecule has 0 aliphatic carbocycles. The van der Waals surface area contributed by atoms with E-state index in [1.807, 2.05) is 45.0 Å². The highest BCUT2D eigenvalue weighted by molar-refractivity contribution is 6.05. The number of carbonyl (C=O) groups excluding carboxylic acids is 2. The monoisotopic (exact) mass is 435 g/mol. The lowest BCUT2D eigenvalue weighted by Crippen LogP contribution is -2.36. The Morgan fingerprint density at radius 1 is 1.03 bits per heavy atom. The summed E-state index contributed by atoms with van der Waals surface area (Å²) in [6.07, 6.45) is 1.06. The van der Waals surface area contributed by atoms with Crippen molar-refractivity contribution in [3.63, 3.8) is 0 Å². The van der Waals surface area contributed by atoms with Crippen molar-refractivity contribution in [3.8, 4) is 16.9 Å². The van der Waals surface area contributed by atoms with Crippen molar-refractivity contribution >= 4 is 17.4 Å². The van der Waals surface area contributed by atoms with Crippen LogP contribution in [0.2, 0.25) is 0 Å². The number of Topliss-reactive ketones (excluding diaryl/α,β-unsaturated/α-hetero) is 1. The summed E-state index contributed by atoms with van der Waals surface area (Å²) in [6, 6.07) is 14.0. The van der Waals surface area contributed by atoms with Gasteiger partial charge in [0.25, 0.3) is 5.91 Å². The minimum Gasteiger partial charge on any atom is -0.487 e. The number of halogens is 2. The van der Waals surface area contributed by atoms with Gasteiger partial charge in [0.1, 0.15) is 28.5 Å². The molecule has 0 aromatic heterocycles. The second kappa shape index (κ2) is 8.19. The number of ether oxygens (including phenoxy) is 1. The lowest BCUT2D eigenvalue weighted by atomic mass is 9.88. The largest absolute Gasteiger partial charge is 0.487 e. The molecule has 0 saturated carbocycles. The van der Waals surface area contributed by atoms with Gasteiger partial charge < -0.3 is 10.1 Å². The van der Waals surface area contributed by atoms with Crippen LogP contribution in [0.1, 0.15) is 53.5 Å². The third-order valence-electron chi connectivity index (χ3n) is 5.50. The van der Waals surface area contributed by atoms with E-state index in [1.54, 1.807) is 12.1 Å². The molecule has 0 saturated heterocycles. The van der Waals surface area contributed by atoms with Gasteiger partial charge in [0.2, 0.25) is 0 Å². The zero-order chi connectivity index (χ0) is 23.0. The second-order valence-corrected chi connectivity index (χ2v) is 8.45. The van der Waals surface area contributed by atoms with Gasteiger partial charge in [0, 0.05) is 5.69 Å². The van der Waals surface area contributed by atoms with Crippen LogP contribution in [0, 0.1) is 11.6 Å². The van der Waals surface area contributed by atoms with Crippen LogP contribution in [0.5, 0.6) is 5.75 Å². The third kappa shape index (κ3) is 4.13. The van der Waals surface area contributed by atoms with Crippen LogP contribution in [0.25, 0.3) is 11.1 Å². The number of carbonyl (C=O) groups is 2. The Kier molecular flexibility index (Phi) is 5.55. The van der Waals surface area contributed by atoms with Crippen molar-refractivity contribution in [2.24, 2.45) is 0 Å². The standard InChI is InChI=1S/C26H23F2NO3/c1-4-15-12-19-22(30)14-26(2,3)32-23(19)13-18(15)16-8-10-17(11-9-16)29-25(31)24-20(27)6-5-7-21(24)28/h5-13H,4,14H2,1-3H3,(H,29,31). The molecule has 164 valence electrons. The lowest BCUT2D eigenvalue weighted by molar-refractivity contribution is 0.0620. The number of benzene rings is 3. The molecule has 4 nitrogen and oxygen atoms in total. The van der Waals surface area contributed by atoms with Gasteiger partial charge in [-0.15, -0.1) is 0 Å². The Morgan fingerprint density at radius 2 is 1.69 bits per heavy atom. The molecule has 32 heavy (non-hydrogen) atoms. The molecule has 0 radical (unpaired) electrons. The van der Waals surface area contributed by atoms with Crippen molar-refractivity contribution in [1.29, 1.82) is 0 Å². The van der Waals surface area contributed by atoms with Gasteiger partial charge in [-0.25, -0.2) is 8.78 Å². The summed E-state index contributed by atoms with van der Waals surface area (Å²) < 4.78 is 33.8. The van der Waals surface area contributed by atoms with Crippen molar-refractivity contribution in [1.82, 2.24) is 0 Å². The molecule has 1 N–H and O–H groups in total. The van der Waals surface area contributed by atoms with Crippen LogP contribution in [0.3, 0.4) is 0 Å². The van der Waals surface area contributed by atoms with Crippen molar-refractivity contribution in [2.75, 3.05) is 5.32 Å². The molecule has 1 amide bonds. The average molecular weight is 435 g/mol. The molecular weight excluding hydrogens is 412 g/mol. The van der Waals surface area contributed by atoms with Gasteiger partial charge in [-0.3, -0.25) is 9.59 Å². The quantitative estimate of drug-likeness (QED) is 0.532. The number of hydrogen-bond acceptors (Lipinski definition) is 3. The number of hydrogen-bond donors (Lipinski definition) is 1. The van der Waals surface area contributed by atoms with E-state index in [0.29, 0.717) is 23.4 Å². The van der Waals surface area contributed by atoms with Crippen LogP contribution < -0.4 is 10.1 Å². The number of amides is 1. The Morgan fingerprint density at radius 3 is 2.31 bits per heavy atom. The predicted molar refractivity (Wildman–Crippen MR) is 119 cm³/mol. The average Bonchev–Trinajstić information content (AvgIpc) is 2.72. The Hall–Kier alpha value is -3.54. The number of nitrogens with one attached hydrogen (secondary N) is 1. The molecule has 1 aliphatic heterocycles. The highest BCUT2D eigenvalue weighted by Crippen LogP contribution is 2.38. The smallest absolute Gasteiger partial charge is 0.261 e. The van der Waals surface area contributed by atoms with E-state index in [2.05, 4.69) is 5.32 Å². The fourth-order valence-electron chi connectivity index (χ4n) is 3.95. The Balaban J connectivity index is 1.63. The summed E-state index contributed by atoms with van der Waals surface area (Å²) in [4.78, 5) is 24.9. The van der Waals surface area contributed by atoms with E-state index < -0.39 is 28.7 Å². The first-order valence-electron chi connectivity index (χ1n) is 10.4. The summed E-state index contributed by atoms with van der Waals surface area (Å²) in [6.45, 7) is 5.79. The molecular formula is C26H23F2NO3. The molecule has 0 bridgehead atoms. The van der Waals surface area contributed by atoms with E-state index in [4.69, 9.17) is 4.74 Å². The molecule has 6 heteroatoms. The van der Waals surface area contributed by atoms with Gasteiger partial charge >= 0.3 is 0 Å². The summed E-state index contributed by atoms with van der Waals surface area (Å²) >= 11 is 0. The second-order valence-electron chi connectivity index (χ2n) is 8.45. The fourth-order valence-corrected chi connectivity index (χ4v) is 3.95. The van der Waals surface area contributed by atoms with Gasteiger partial charge in [-0.1, -0.05) is 25.1 Å². The molecule has 0 atom stereocenters. The maximum Gasteiger partial charge on any atom is 0.261 e. The summed E-state index contributed by atoms with van der Waals surface area (Å²) in [5.74, 6) is -2.07. The maximum absolute atomic E-state index is 13.9. The van der Waals surface area contributed by atoms with E-state index in [9.17, 15) is 18.4 Å². The molecule has 3 aromatic carbocycles. The van der Waals surface area contributed by atoms with Crippen LogP contribution in [0.4, 0.5) is 14.5 Å². The fraction of sp³-hybridized carbons (Fsp3) is 0.231. The van der Waals surface area contributed by atoms with Gasteiger partial charge in [0.15, 0.2) is 5.78 Å². The minimum absolute atomic E-state index is 0.0657. The number of rotatable bonds is 4. The Bertz CT molecular complexity index is 1200. The van der Waals surface area contributed by atoms with Crippen LogP contribution in [0.15, 0.2) is 54.6 Å².